The molecule has 0 saturated heterocycles. The molecule has 35 heavy (non-hydrogen) atoms. The number of carbonyl (C=O) groups is 3. The molecule has 1 aliphatic rings. The van der Waals surface area contributed by atoms with Crippen LogP contribution in [0.1, 0.15) is 85.4 Å². The molecule has 0 aliphatic heterocycles. The first-order valence-electron chi connectivity index (χ1n) is 12.4. The van der Waals surface area contributed by atoms with Crippen molar-refractivity contribution in [3.05, 3.63) is 35.4 Å². The number of carbonyl (C=O) groups excluding carboxylic acids is 3. The zero-order chi connectivity index (χ0) is 26.5. The molecule has 4 unspecified atom stereocenters. The van der Waals surface area contributed by atoms with Crippen LogP contribution in [-0.4, -0.2) is 46.5 Å². The Balaban J connectivity index is 2.49. The maximum Gasteiger partial charge on any atom is 0.408 e. The van der Waals surface area contributed by atoms with Gasteiger partial charge in [-0.25, -0.2) is 4.79 Å². The Bertz CT molecular complexity index is 940. The SMILES string of the molecule is C#Cc1ccc(C(C(=O)NC(C)C)N(C(=O)C(CC(C)C)NC(=O)OC(C)(C)C)C2CC2C)cc1. The van der Waals surface area contributed by atoms with E-state index in [0.717, 1.165) is 6.42 Å². The summed E-state index contributed by atoms with van der Waals surface area (Å²) in [5.41, 5.74) is 0.674. The molecule has 7 nitrogen and oxygen atoms in total. The highest BCUT2D eigenvalue weighted by molar-refractivity contribution is 5.92. The van der Waals surface area contributed by atoms with E-state index in [1.807, 2.05) is 27.7 Å². The fourth-order valence-electron chi connectivity index (χ4n) is 4.06. The molecular formula is C28H41N3O4. The van der Waals surface area contributed by atoms with Crippen LogP contribution in [0.3, 0.4) is 0 Å². The summed E-state index contributed by atoms with van der Waals surface area (Å²) < 4.78 is 5.43. The quantitative estimate of drug-likeness (QED) is 0.509. The topological polar surface area (TPSA) is 87.7 Å². The number of benzene rings is 1. The minimum atomic E-state index is -0.846. The van der Waals surface area contributed by atoms with Crippen LogP contribution in [0.25, 0.3) is 0 Å². The Morgan fingerprint density at radius 3 is 2.11 bits per heavy atom. The third-order valence-electron chi connectivity index (χ3n) is 5.73. The molecule has 0 bridgehead atoms. The standard InChI is InChI=1S/C28H41N3O4/c1-10-20-11-13-21(14-12-20)24(25(32)29-18(4)5)31(23-16-19(23)6)26(33)22(15-17(2)3)30-27(34)35-28(7,8)9/h1,11-14,17-19,22-24H,15-16H2,2-9H3,(H,29,32)(H,30,34). The predicted molar refractivity (Wildman–Crippen MR) is 137 cm³/mol. The molecule has 1 aromatic carbocycles. The number of hydrogen-bond acceptors (Lipinski definition) is 4. The van der Waals surface area contributed by atoms with Crippen molar-refractivity contribution in [2.75, 3.05) is 0 Å². The van der Waals surface area contributed by atoms with Gasteiger partial charge in [-0.15, -0.1) is 6.42 Å². The fraction of sp³-hybridized carbons (Fsp3) is 0.607. The summed E-state index contributed by atoms with van der Waals surface area (Å²) in [5.74, 6) is 2.42. The lowest BCUT2D eigenvalue weighted by Gasteiger charge is -2.35. The van der Waals surface area contributed by atoms with Gasteiger partial charge in [-0.05, 0) is 77.0 Å². The van der Waals surface area contributed by atoms with E-state index in [2.05, 4.69) is 23.5 Å². The summed E-state index contributed by atoms with van der Waals surface area (Å²) in [7, 11) is 0. The van der Waals surface area contributed by atoms with Gasteiger partial charge in [-0.2, -0.15) is 0 Å². The van der Waals surface area contributed by atoms with Gasteiger partial charge >= 0.3 is 6.09 Å². The largest absolute Gasteiger partial charge is 0.444 e. The Hall–Kier alpha value is -3.01. The third kappa shape index (κ3) is 8.31. The second-order valence-electron chi connectivity index (χ2n) is 11.2. The first-order chi connectivity index (χ1) is 16.2. The zero-order valence-corrected chi connectivity index (χ0v) is 22.3. The summed E-state index contributed by atoms with van der Waals surface area (Å²) in [4.78, 5) is 41.8. The summed E-state index contributed by atoms with van der Waals surface area (Å²) >= 11 is 0. The van der Waals surface area contributed by atoms with Crippen molar-refractivity contribution < 1.29 is 19.1 Å². The van der Waals surface area contributed by atoms with Gasteiger partial charge in [0.05, 0.1) is 0 Å². The molecule has 1 fully saturated rings. The number of terminal acetylenes is 1. The fourth-order valence-corrected chi connectivity index (χ4v) is 4.06. The van der Waals surface area contributed by atoms with Crippen LogP contribution in [0.15, 0.2) is 24.3 Å². The summed E-state index contributed by atoms with van der Waals surface area (Å²) in [6.45, 7) is 15.1. The molecule has 7 heteroatoms. The monoisotopic (exact) mass is 483 g/mol. The molecule has 1 saturated carbocycles. The first-order valence-corrected chi connectivity index (χ1v) is 12.4. The molecule has 2 rings (SSSR count). The molecule has 1 aromatic rings. The lowest BCUT2D eigenvalue weighted by Crippen LogP contribution is -2.54. The number of hydrogen-bond donors (Lipinski definition) is 2. The Labute approximate surface area is 210 Å². The van der Waals surface area contributed by atoms with Crippen LogP contribution < -0.4 is 10.6 Å². The van der Waals surface area contributed by atoms with E-state index in [1.165, 1.54) is 0 Å². The minimum absolute atomic E-state index is 0.102. The maximum absolute atomic E-state index is 14.1. The van der Waals surface area contributed by atoms with Crippen LogP contribution in [0.4, 0.5) is 4.79 Å². The second kappa shape index (κ2) is 11.6. The Kier molecular flexibility index (Phi) is 9.37. The molecule has 2 N–H and O–H groups in total. The highest BCUT2D eigenvalue weighted by Crippen LogP contribution is 2.41. The van der Waals surface area contributed by atoms with Crippen LogP contribution in [-0.2, 0) is 14.3 Å². The van der Waals surface area contributed by atoms with Crippen LogP contribution in [0, 0.1) is 24.2 Å². The number of amides is 3. The maximum atomic E-state index is 14.1. The predicted octanol–water partition coefficient (Wildman–Crippen LogP) is 4.41. The smallest absolute Gasteiger partial charge is 0.408 e. The van der Waals surface area contributed by atoms with E-state index < -0.39 is 23.8 Å². The van der Waals surface area contributed by atoms with Gasteiger partial charge in [0.1, 0.15) is 17.7 Å². The zero-order valence-electron chi connectivity index (χ0n) is 22.3. The molecule has 4 atom stereocenters. The molecule has 3 amide bonds. The van der Waals surface area contributed by atoms with Crippen molar-refractivity contribution in [2.45, 2.75) is 98.0 Å². The number of rotatable bonds is 9. The Morgan fingerprint density at radius 1 is 1.11 bits per heavy atom. The van der Waals surface area contributed by atoms with Crippen molar-refractivity contribution in [2.24, 2.45) is 11.8 Å². The highest BCUT2D eigenvalue weighted by Gasteiger charge is 2.48. The average molecular weight is 484 g/mol. The molecule has 1 aliphatic carbocycles. The first kappa shape index (κ1) is 28.2. The molecular weight excluding hydrogens is 442 g/mol. The van der Waals surface area contributed by atoms with E-state index in [0.29, 0.717) is 17.5 Å². The second-order valence-corrected chi connectivity index (χ2v) is 11.2. The van der Waals surface area contributed by atoms with Crippen LogP contribution >= 0.6 is 0 Å². The van der Waals surface area contributed by atoms with Gasteiger partial charge in [-0.1, -0.05) is 38.8 Å². The molecule has 0 heterocycles. The molecule has 0 radical (unpaired) electrons. The van der Waals surface area contributed by atoms with Crippen LogP contribution in [0.2, 0.25) is 0 Å². The number of nitrogens with zero attached hydrogens (tertiary/aromatic N) is 1. The number of alkyl carbamates (subject to hydrolysis) is 1. The van der Waals surface area contributed by atoms with Crippen LogP contribution in [0.5, 0.6) is 0 Å². The van der Waals surface area contributed by atoms with Gasteiger partial charge in [-0.3, -0.25) is 9.59 Å². The van der Waals surface area contributed by atoms with Gasteiger partial charge in [0, 0.05) is 17.6 Å². The van der Waals surface area contributed by atoms with Crippen molar-refractivity contribution in [1.82, 2.24) is 15.5 Å². The number of nitrogens with one attached hydrogen (secondary N) is 2. The number of ether oxygens (including phenoxy) is 1. The highest BCUT2D eigenvalue weighted by atomic mass is 16.6. The normalized spacial score (nSPS) is 18.9. The summed E-state index contributed by atoms with van der Waals surface area (Å²) in [6, 6.07) is 5.27. The lowest BCUT2D eigenvalue weighted by atomic mass is 9.98. The van der Waals surface area contributed by atoms with Gasteiger partial charge in [0.25, 0.3) is 0 Å². The molecule has 0 aromatic heterocycles. The van der Waals surface area contributed by atoms with E-state index in [-0.39, 0.29) is 35.7 Å². The third-order valence-corrected chi connectivity index (χ3v) is 5.73. The van der Waals surface area contributed by atoms with E-state index >= 15 is 0 Å². The summed E-state index contributed by atoms with van der Waals surface area (Å²) in [5, 5.41) is 5.75. The van der Waals surface area contributed by atoms with E-state index in [1.54, 1.807) is 49.9 Å². The van der Waals surface area contributed by atoms with Crippen molar-refractivity contribution in [1.29, 1.82) is 0 Å². The summed E-state index contributed by atoms with van der Waals surface area (Å²) in [6.07, 6.45) is 6.08. The van der Waals surface area contributed by atoms with E-state index in [4.69, 9.17) is 11.2 Å². The molecule has 192 valence electrons. The van der Waals surface area contributed by atoms with E-state index in [9.17, 15) is 14.4 Å². The van der Waals surface area contributed by atoms with Gasteiger partial charge < -0.3 is 20.3 Å². The van der Waals surface area contributed by atoms with Crippen molar-refractivity contribution >= 4 is 17.9 Å². The average Bonchev–Trinajstić information content (AvgIpc) is 3.44. The van der Waals surface area contributed by atoms with Crippen molar-refractivity contribution in [3.63, 3.8) is 0 Å². The van der Waals surface area contributed by atoms with Crippen molar-refractivity contribution in [3.8, 4) is 12.3 Å². The molecule has 0 spiro atoms. The van der Waals surface area contributed by atoms with Gasteiger partial charge in [0.15, 0.2) is 0 Å². The van der Waals surface area contributed by atoms with Gasteiger partial charge in [0.2, 0.25) is 11.8 Å². The lowest BCUT2D eigenvalue weighted by molar-refractivity contribution is -0.144. The Morgan fingerprint density at radius 2 is 1.69 bits per heavy atom. The minimum Gasteiger partial charge on any atom is -0.444 e.